The minimum absolute atomic E-state index is 0. The van der Waals surface area contributed by atoms with Gasteiger partial charge in [0.05, 0.1) is 13.1 Å². The number of nitrogens with two attached hydrogens (primary N) is 1. The van der Waals surface area contributed by atoms with E-state index in [-0.39, 0.29) is 43.2 Å². The number of halogens is 1. The molecule has 0 aromatic heterocycles. The third kappa shape index (κ3) is 5.54. The van der Waals surface area contributed by atoms with Gasteiger partial charge in [-0.15, -0.1) is 12.4 Å². The van der Waals surface area contributed by atoms with Crippen LogP contribution in [0.4, 0.5) is 5.69 Å². The number of rotatable bonds is 5. The van der Waals surface area contributed by atoms with Crippen molar-refractivity contribution in [2.24, 2.45) is 5.73 Å². The highest BCUT2D eigenvalue weighted by molar-refractivity contribution is 5.97. The van der Waals surface area contributed by atoms with Crippen LogP contribution >= 0.6 is 12.4 Å². The molecule has 0 spiro atoms. The fourth-order valence-electron chi connectivity index (χ4n) is 2.26. The van der Waals surface area contributed by atoms with Crippen LogP contribution in [0.5, 0.6) is 0 Å². The molecule has 0 atom stereocenters. The van der Waals surface area contributed by atoms with Crippen molar-refractivity contribution in [1.29, 1.82) is 0 Å². The van der Waals surface area contributed by atoms with Crippen LogP contribution < -0.4 is 16.4 Å². The maximum atomic E-state index is 12.2. The Balaban J connectivity index is 0.00000264. The number of likely N-dealkylation sites (tertiary alicyclic amines) is 1. The van der Waals surface area contributed by atoms with Crippen LogP contribution in [0, 0.1) is 0 Å². The summed E-state index contributed by atoms with van der Waals surface area (Å²) in [6.07, 6.45) is 2.10. The molecule has 126 valence electrons. The number of carbonyl (C=O) groups excluding carboxylic acids is 3. The number of benzene rings is 1. The largest absolute Gasteiger partial charge is 0.346 e. The summed E-state index contributed by atoms with van der Waals surface area (Å²) in [6, 6.07) is 6.72. The molecule has 1 aliphatic rings. The highest BCUT2D eigenvalue weighted by Gasteiger charge is 2.19. The van der Waals surface area contributed by atoms with Crippen molar-refractivity contribution in [3.8, 4) is 0 Å². The molecule has 0 aliphatic carbocycles. The van der Waals surface area contributed by atoms with Crippen LogP contribution in [-0.2, 0) is 9.59 Å². The smallest absolute Gasteiger partial charge is 0.253 e. The summed E-state index contributed by atoms with van der Waals surface area (Å²) in [7, 11) is 0. The number of nitrogens with one attached hydrogen (secondary N) is 2. The maximum Gasteiger partial charge on any atom is 0.253 e. The van der Waals surface area contributed by atoms with Gasteiger partial charge in [-0.1, -0.05) is 0 Å². The lowest BCUT2D eigenvalue weighted by atomic mass is 10.2. The first kappa shape index (κ1) is 18.9. The first-order valence-corrected chi connectivity index (χ1v) is 7.26. The van der Waals surface area contributed by atoms with E-state index in [1.165, 1.54) is 0 Å². The second kappa shape index (κ2) is 9.12. The minimum Gasteiger partial charge on any atom is -0.346 e. The molecule has 1 aliphatic heterocycles. The Kier molecular flexibility index (Phi) is 7.50. The second-order valence-electron chi connectivity index (χ2n) is 5.11. The summed E-state index contributed by atoms with van der Waals surface area (Å²) in [4.78, 5) is 36.6. The van der Waals surface area contributed by atoms with Gasteiger partial charge in [-0.25, -0.2) is 0 Å². The lowest BCUT2D eigenvalue weighted by Crippen LogP contribution is -2.36. The first-order chi connectivity index (χ1) is 10.6. The second-order valence-corrected chi connectivity index (χ2v) is 5.11. The molecule has 3 amide bonds. The van der Waals surface area contributed by atoms with E-state index in [1.807, 2.05) is 4.90 Å². The Morgan fingerprint density at radius 2 is 1.65 bits per heavy atom. The Bertz CT molecular complexity index is 556. The standard InChI is InChI=1S/C15H20N4O3.ClH/c16-9-13(20)17-10-14(21)18-12-5-3-11(4-6-12)15(22)19-7-1-2-8-19;/h3-6H,1-2,7-10,16H2,(H,17,20)(H,18,21);1H. The van der Waals surface area contributed by atoms with Gasteiger partial charge >= 0.3 is 0 Å². The molecule has 1 aromatic carbocycles. The van der Waals surface area contributed by atoms with Gasteiger partial charge in [-0.05, 0) is 37.1 Å². The van der Waals surface area contributed by atoms with Crippen molar-refractivity contribution in [1.82, 2.24) is 10.2 Å². The fraction of sp³-hybridized carbons (Fsp3) is 0.400. The molecule has 23 heavy (non-hydrogen) atoms. The monoisotopic (exact) mass is 340 g/mol. The van der Waals surface area contributed by atoms with Crippen molar-refractivity contribution in [2.75, 3.05) is 31.5 Å². The predicted octanol–water partition coefficient (Wildman–Crippen LogP) is 0.358. The molecule has 2 rings (SSSR count). The predicted molar refractivity (Wildman–Crippen MR) is 89.5 cm³/mol. The topological polar surface area (TPSA) is 105 Å². The number of carbonyl (C=O) groups is 3. The first-order valence-electron chi connectivity index (χ1n) is 7.26. The van der Waals surface area contributed by atoms with Crippen LogP contribution in [0.2, 0.25) is 0 Å². The van der Waals surface area contributed by atoms with Gasteiger partial charge < -0.3 is 21.3 Å². The van der Waals surface area contributed by atoms with Crippen LogP contribution in [0.15, 0.2) is 24.3 Å². The van der Waals surface area contributed by atoms with Gasteiger partial charge in [0.2, 0.25) is 11.8 Å². The molecule has 0 bridgehead atoms. The summed E-state index contributed by atoms with van der Waals surface area (Å²) < 4.78 is 0. The van der Waals surface area contributed by atoms with Gasteiger partial charge in [-0.3, -0.25) is 14.4 Å². The van der Waals surface area contributed by atoms with Crippen LogP contribution in [0.1, 0.15) is 23.2 Å². The molecule has 1 saturated heterocycles. The third-order valence-electron chi connectivity index (χ3n) is 3.44. The number of anilines is 1. The van der Waals surface area contributed by atoms with Gasteiger partial charge in [0, 0.05) is 24.3 Å². The molecule has 0 radical (unpaired) electrons. The number of hydrogen-bond acceptors (Lipinski definition) is 4. The summed E-state index contributed by atoms with van der Waals surface area (Å²) in [5, 5.41) is 5.02. The quantitative estimate of drug-likeness (QED) is 0.719. The molecule has 0 saturated carbocycles. The summed E-state index contributed by atoms with van der Waals surface area (Å²) >= 11 is 0. The minimum atomic E-state index is -0.387. The van der Waals surface area contributed by atoms with E-state index < -0.39 is 0 Å². The zero-order valence-electron chi connectivity index (χ0n) is 12.7. The molecular formula is C15H21ClN4O3. The molecule has 1 fully saturated rings. The molecular weight excluding hydrogens is 320 g/mol. The van der Waals surface area contributed by atoms with E-state index in [4.69, 9.17) is 5.73 Å². The van der Waals surface area contributed by atoms with E-state index >= 15 is 0 Å². The van der Waals surface area contributed by atoms with Crippen LogP contribution in [0.25, 0.3) is 0 Å². The van der Waals surface area contributed by atoms with Crippen molar-refractivity contribution >= 4 is 35.8 Å². The van der Waals surface area contributed by atoms with E-state index in [2.05, 4.69) is 10.6 Å². The molecule has 4 N–H and O–H groups in total. The number of hydrogen-bond donors (Lipinski definition) is 3. The van der Waals surface area contributed by atoms with Gasteiger partial charge in [0.15, 0.2) is 0 Å². The maximum absolute atomic E-state index is 12.2. The van der Waals surface area contributed by atoms with Crippen LogP contribution in [0.3, 0.4) is 0 Å². The Labute approximate surface area is 141 Å². The fourth-order valence-corrected chi connectivity index (χ4v) is 2.26. The number of nitrogens with zero attached hydrogens (tertiary/aromatic N) is 1. The van der Waals surface area contributed by atoms with E-state index in [0.29, 0.717) is 11.3 Å². The van der Waals surface area contributed by atoms with E-state index in [1.54, 1.807) is 24.3 Å². The van der Waals surface area contributed by atoms with E-state index in [9.17, 15) is 14.4 Å². The SMILES string of the molecule is Cl.NCC(=O)NCC(=O)Nc1ccc(C(=O)N2CCCC2)cc1. The van der Waals surface area contributed by atoms with Crippen molar-refractivity contribution < 1.29 is 14.4 Å². The third-order valence-corrected chi connectivity index (χ3v) is 3.44. The molecule has 8 heteroatoms. The summed E-state index contributed by atoms with van der Waals surface area (Å²) in [6.45, 7) is 1.32. The normalized spacial score (nSPS) is 13.2. The van der Waals surface area contributed by atoms with Gasteiger partial charge in [0.25, 0.3) is 5.91 Å². The Morgan fingerprint density at radius 1 is 1.04 bits per heavy atom. The average molecular weight is 341 g/mol. The molecule has 1 heterocycles. The van der Waals surface area contributed by atoms with Gasteiger partial charge in [-0.2, -0.15) is 0 Å². The zero-order valence-corrected chi connectivity index (χ0v) is 13.5. The highest BCUT2D eigenvalue weighted by atomic mass is 35.5. The molecule has 1 aromatic rings. The Hall–Kier alpha value is -2.12. The lowest BCUT2D eigenvalue weighted by Gasteiger charge is -2.15. The van der Waals surface area contributed by atoms with Crippen molar-refractivity contribution in [3.05, 3.63) is 29.8 Å². The van der Waals surface area contributed by atoms with Crippen molar-refractivity contribution in [2.45, 2.75) is 12.8 Å². The van der Waals surface area contributed by atoms with Crippen molar-refractivity contribution in [3.63, 3.8) is 0 Å². The molecule has 7 nitrogen and oxygen atoms in total. The summed E-state index contributed by atoms with van der Waals surface area (Å²) in [5.74, 6) is -0.715. The average Bonchev–Trinajstić information content (AvgIpc) is 3.07. The molecule has 0 unspecified atom stereocenters. The van der Waals surface area contributed by atoms with Gasteiger partial charge in [0.1, 0.15) is 0 Å². The highest BCUT2D eigenvalue weighted by Crippen LogP contribution is 2.15. The Morgan fingerprint density at radius 3 is 2.22 bits per heavy atom. The summed E-state index contributed by atoms with van der Waals surface area (Å²) in [5.41, 5.74) is 6.31. The lowest BCUT2D eigenvalue weighted by molar-refractivity contribution is -0.123. The van der Waals surface area contributed by atoms with E-state index in [0.717, 1.165) is 25.9 Å². The van der Waals surface area contributed by atoms with Crippen LogP contribution in [-0.4, -0.2) is 48.8 Å². The zero-order chi connectivity index (χ0) is 15.9. The number of amides is 3.